The van der Waals surface area contributed by atoms with E-state index in [9.17, 15) is 14.0 Å². The van der Waals surface area contributed by atoms with Crippen LogP contribution in [0.5, 0.6) is 0 Å². The van der Waals surface area contributed by atoms with Crippen LogP contribution in [0.15, 0.2) is 18.2 Å². The monoisotopic (exact) mass is 360 g/mol. The topological polar surface area (TPSA) is 49.4 Å². The molecule has 2 fully saturated rings. The largest absolute Gasteiger partial charge is 0.342 e. The maximum Gasteiger partial charge on any atom is 0.255 e. The predicted molar refractivity (Wildman–Crippen MR) is 100 cm³/mol. The first-order valence-corrected chi connectivity index (χ1v) is 9.81. The van der Waals surface area contributed by atoms with Gasteiger partial charge in [-0.05, 0) is 42.9 Å². The van der Waals surface area contributed by atoms with Crippen molar-refractivity contribution in [3.63, 3.8) is 0 Å². The van der Waals surface area contributed by atoms with Crippen LogP contribution >= 0.6 is 0 Å². The Kier molecular flexibility index (Phi) is 5.94. The van der Waals surface area contributed by atoms with Crippen LogP contribution in [0.1, 0.15) is 62.2 Å². The number of anilines is 1. The minimum absolute atomic E-state index is 0.00652. The summed E-state index contributed by atoms with van der Waals surface area (Å²) >= 11 is 0. The van der Waals surface area contributed by atoms with Gasteiger partial charge in [0.05, 0.1) is 11.3 Å². The molecule has 1 aromatic carbocycles. The van der Waals surface area contributed by atoms with Gasteiger partial charge in [-0.1, -0.05) is 39.0 Å². The summed E-state index contributed by atoms with van der Waals surface area (Å²) in [5.74, 6) is 0.288. The number of nitrogens with zero attached hydrogens (tertiary/aromatic N) is 1. The van der Waals surface area contributed by atoms with Crippen molar-refractivity contribution in [2.45, 2.75) is 51.9 Å². The van der Waals surface area contributed by atoms with Crippen molar-refractivity contribution >= 4 is 17.5 Å². The van der Waals surface area contributed by atoms with Crippen molar-refractivity contribution in [1.29, 1.82) is 0 Å². The third kappa shape index (κ3) is 4.63. The van der Waals surface area contributed by atoms with Gasteiger partial charge in [-0.3, -0.25) is 9.59 Å². The summed E-state index contributed by atoms with van der Waals surface area (Å²) in [6, 6.07) is 4.00. The second-order valence-corrected chi connectivity index (χ2v) is 8.02. The molecule has 2 unspecified atom stereocenters. The van der Waals surface area contributed by atoms with Crippen LogP contribution in [0.25, 0.3) is 0 Å². The summed E-state index contributed by atoms with van der Waals surface area (Å²) in [6.07, 6.45) is 8.21. The Balaban J connectivity index is 1.64. The summed E-state index contributed by atoms with van der Waals surface area (Å²) in [7, 11) is 1.75. The number of rotatable bonds is 6. The van der Waals surface area contributed by atoms with E-state index >= 15 is 0 Å². The van der Waals surface area contributed by atoms with Gasteiger partial charge >= 0.3 is 0 Å². The molecule has 0 bridgehead atoms. The number of carbonyl (C=O) groups is 2. The Labute approximate surface area is 155 Å². The van der Waals surface area contributed by atoms with E-state index in [0.717, 1.165) is 12.8 Å². The Morgan fingerprint density at radius 1 is 1.23 bits per heavy atom. The molecule has 0 spiro atoms. The van der Waals surface area contributed by atoms with Crippen LogP contribution in [0, 0.1) is 23.6 Å². The molecule has 0 heterocycles. The van der Waals surface area contributed by atoms with Crippen molar-refractivity contribution in [2.75, 3.05) is 18.9 Å². The molecule has 142 valence electrons. The smallest absolute Gasteiger partial charge is 0.255 e. The van der Waals surface area contributed by atoms with E-state index in [0.29, 0.717) is 24.1 Å². The molecule has 4 nitrogen and oxygen atoms in total. The lowest BCUT2D eigenvalue weighted by atomic mass is 9.87. The third-order valence-electron chi connectivity index (χ3n) is 5.86. The minimum Gasteiger partial charge on any atom is -0.342 e. The molecule has 2 atom stereocenters. The first-order chi connectivity index (χ1) is 12.5. The van der Waals surface area contributed by atoms with Crippen LogP contribution in [-0.2, 0) is 4.79 Å². The van der Waals surface area contributed by atoms with Gasteiger partial charge in [-0.2, -0.15) is 0 Å². The molecular weight excluding hydrogens is 331 g/mol. The van der Waals surface area contributed by atoms with Gasteiger partial charge in [0.2, 0.25) is 5.91 Å². The fourth-order valence-corrected chi connectivity index (χ4v) is 3.87. The van der Waals surface area contributed by atoms with Crippen molar-refractivity contribution in [1.82, 2.24) is 4.90 Å². The van der Waals surface area contributed by atoms with Crippen molar-refractivity contribution in [2.24, 2.45) is 17.8 Å². The van der Waals surface area contributed by atoms with E-state index < -0.39 is 5.82 Å². The minimum atomic E-state index is -0.466. The SMILES string of the molecule is CC1CC1C(=O)Nc1ccc(F)cc1C(=O)N(C)CCC1CCCCC1. The standard InChI is InChI=1S/C21H29FN2O2/c1-14-12-17(14)20(25)23-19-9-8-16(22)13-18(19)21(26)24(2)11-10-15-6-4-3-5-7-15/h8-9,13-15,17H,3-7,10-12H2,1-2H3,(H,23,25). The fourth-order valence-electron chi connectivity index (χ4n) is 3.87. The van der Waals surface area contributed by atoms with Gasteiger partial charge in [0, 0.05) is 19.5 Å². The fraction of sp³-hybridized carbons (Fsp3) is 0.619. The van der Waals surface area contributed by atoms with Crippen LogP contribution in [-0.4, -0.2) is 30.3 Å². The number of benzene rings is 1. The molecule has 0 aromatic heterocycles. The molecule has 1 aromatic rings. The Bertz CT molecular complexity index is 670. The van der Waals surface area contributed by atoms with Crippen molar-refractivity contribution in [3.8, 4) is 0 Å². The average Bonchev–Trinajstić information content (AvgIpc) is 3.38. The lowest BCUT2D eigenvalue weighted by molar-refractivity contribution is -0.117. The number of amides is 2. The van der Waals surface area contributed by atoms with E-state index in [-0.39, 0.29) is 23.3 Å². The summed E-state index contributed by atoms with van der Waals surface area (Å²) in [5.41, 5.74) is 0.641. The lowest BCUT2D eigenvalue weighted by Crippen LogP contribution is -2.30. The maximum atomic E-state index is 13.7. The molecule has 2 aliphatic carbocycles. The number of halogens is 1. The molecule has 0 aliphatic heterocycles. The number of hydrogen-bond acceptors (Lipinski definition) is 2. The van der Waals surface area contributed by atoms with E-state index in [2.05, 4.69) is 5.32 Å². The first kappa shape index (κ1) is 18.9. The summed E-state index contributed by atoms with van der Waals surface area (Å²) in [4.78, 5) is 26.7. The van der Waals surface area contributed by atoms with Gasteiger partial charge in [0.25, 0.3) is 5.91 Å². The normalized spacial score (nSPS) is 22.7. The van der Waals surface area contributed by atoms with Crippen LogP contribution in [0.4, 0.5) is 10.1 Å². The molecule has 0 saturated heterocycles. The van der Waals surface area contributed by atoms with Crippen LogP contribution < -0.4 is 5.32 Å². The Morgan fingerprint density at radius 2 is 1.92 bits per heavy atom. The van der Waals surface area contributed by atoms with Crippen LogP contribution in [0.3, 0.4) is 0 Å². The van der Waals surface area contributed by atoms with E-state index in [4.69, 9.17) is 0 Å². The van der Waals surface area contributed by atoms with Gasteiger partial charge in [0.1, 0.15) is 5.82 Å². The zero-order chi connectivity index (χ0) is 18.7. The lowest BCUT2D eigenvalue weighted by Gasteiger charge is -2.25. The summed E-state index contributed by atoms with van der Waals surface area (Å²) in [5, 5.41) is 2.82. The molecule has 2 amide bonds. The Hall–Kier alpha value is -1.91. The number of nitrogens with one attached hydrogen (secondary N) is 1. The highest BCUT2D eigenvalue weighted by atomic mass is 19.1. The van der Waals surface area contributed by atoms with E-state index in [1.165, 1.54) is 50.3 Å². The maximum absolute atomic E-state index is 13.7. The molecule has 0 radical (unpaired) electrons. The molecule has 5 heteroatoms. The highest BCUT2D eigenvalue weighted by molar-refractivity contribution is 6.04. The number of hydrogen-bond donors (Lipinski definition) is 1. The van der Waals surface area contributed by atoms with Crippen molar-refractivity contribution < 1.29 is 14.0 Å². The van der Waals surface area contributed by atoms with Gasteiger partial charge < -0.3 is 10.2 Å². The molecule has 3 rings (SSSR count). The summed E-state index contributed by atoms with van der Waals surface area (Å²) in [6.45, 7) is 2.69. The second-order valence-electron chi connectivity index (χ2n) is 8.02. The molecule has 1 N–H and O–H groups in total. The highest BCUT2D eigenvalue weighted by Gasteiger charge is 2.39. The zero-order valence-corrected chi connectivity index (χ0v) is 15.8. The Morgan fingerprint density at radius 3 is 2.58 bits per heavy atom. The average molecular weight is 360 g/mol. The van der Waals surface area contributed by atoms with E-state index in [1.54, 1.807) is 11.9 Å². The van der Waals surface area contributed by atoms with Gasteiger partial charge in [-0.25, -0.2) is 4.39 Å². The van der Waals surface area contributed by atoms with Gasteiger partial charge in [0.15, 0.2) is 0 Å². The molecule has 2 saturated carbocycles. The quantitative estimate of drug-likeness (QED) is 0.814. The van der Waals surface area contributed by atoms with E-state index in [1.807, 2.05) is 6.92 Å². The predicted octanol–water partition coefficient (Wildman–Crippen LogP) is 4.46. The van der Waals surface area contributed by atoms with Gasteiger partial charge in [-0.15, -0.1) is 0 Å². The first-order valence-electron chi connectivity index (χ1n) is 9.81. The second kappa shape index (κ2) is 8.19. The third-order valence-corrected chi connectivity index (χ3v) is 5.86. The zero-order valence-electron chi connectivity index (χ0n) is 15.8. The van der Waals surface area contributed by atoms with Crippen LogP contribution in [0.2, 0.25) is 0 Å². The summed E-state index contributed by atoms with van der Waals surface area (Å²) < 4.78 is 13.7. The molecule has 2 aliphatic rings. The number of carbonyl (C=O) groups excluding carboxylic acids is 2. The molecule has 26 heavy (non-hydrogen) atoms. The highest BCUT2D eigenvalue weighted by Crippen LogP contribution is 2.38. The molecular formula is C21H29FN2O2. The van der Waals surface area contributed by atoms with Crippen molar-refractivity contribution in [3.05, 3.63) is 29.6 Å².